The molecule has 0 spiro atoms. The van der Waals surface area contributed by atoms with E-state index in [1.54, 1.807) is 24.5 Å². The van der Waals surface area contributed by atoms with E-state index in [9.17, 15) is 21.6 Å². The van der Waals surface area contributed by atoms with Gasteiger partial charge in [-0.05, 0) is 48.4 Å². The molecule has 1 amide bonds. The first-order valence-corrected chi connectivity index (χ1v) is 11.4. The molecule has 7 nitrogen and oxygen atoms in total. The first-order chi connectivity index (χ1) is 12.3. The Labute approximate surface area is 152 Å². The molecule has 9 heteroatoms. The van der Waals surface area contributed by atoms with Gasteiger partial charge in [-0.2, -0.15) is 0 Å². The van der Waals surface area contributed by atoms with E-state index in [2.05, 4.69) is 10.3 Å². The van der Waals surface area contributed by atoms with Gasteiger partial charge in [0.05, 0.1) is 21.7 Å². The first-order valence-electron chi connectivity index (χ1n) is 7.99. The number of hydrogen-bond donors (Lipinski definition) is 1. The van der Waals surface area contributed by atoms with Crippen molar-refractivity contribution in [2.45, 2.75) is 23.1 Å². The molecule has 3 rings (SSSR count). The van der Waals surface area contributed by atoms with Gasteiger partial charge in [-0.15, -0.1) is 0 Å². The first kappa shape index (κ1) is 18.5. The normalized spacial score (nSPS) is 19.2. The molecule has 138 valence electrons. The van der Waals surface area contributed by atoms with Gasteiger partial charge in [0.15, 0.2) is 19.7 Å². The molecule has 2 aromatic rings. The van der Waals surface area contributed by atoms with Crippen LogP contribution in [-0.2, 0) is 26.2 Å². The number of hydrogen-bond acceptors (Lipinski definition) is 6. The highest BCUT2D eigenvalue weighted by molar-refractivity contribution is 7.96. The number of rotatable bonds is 5. The lowest BCUT2D eigenvalue weighted by Crippen LogP contribution is -2.24. The lowest BCUT2D eigenvalue weighted by atomic mass is 10.2. The van der Waals surface area contributed by atoms with E-state index in [0.717, 1.165) is 5.56 Å². The van der Waals surface area contributed by atoms with Gasteiger partial charge in [0.1, 0.15) is 0 Å². The monoisotopic (exact) mass is 394 g/mol. The van der Waals surface area contributed by atoms with E-state index >= 15 is 0 Å². The number of amides is 1. The van der Waals surface area contributed by atoms with Crippen LogP contribution in [0.25, 0.3) is 0 Å². The standard InChI is InChI=1S/C17H18N2O5S2/c20-17(19-11-13-5-8-18-9-6-13)14-1-3-15(4-2-14)26(23,24)16-7-10-25(21,22)12-16/h1-6,8-9,16H,7,10-12H2,(H,19,20). The molecule has 1 N–H and O–H groups in total. The van der Waals surface area contributed by atoms with Crippen LogP contribution < -0.4 is 5.32 Å². The zero-order valence-electron chi connectivity index (χ0n) is 13.8. The Bertz CT molecular complexity index is 1000. The summed E-state index contributed by atoms with van der Waals surface area (Å²) < 4.78 is 48.1. The minimum Gasteiger partial charge on any atom is -0.348 e. The summed E-state index contributed by atoms with van der Waals surface area (Å²) in [4.78, 5) is 16.1. The van der Waals surface area contributed by atoms with Crippen LogP contribution in [0.3, 0.4) is 0 Å². The van der Waals surface area contributed by atoms with Crippen LogP contribution >= 0.6 is 0 Å². The van der Waals surface area contributed by atoms with E-state index in [0.29, 0.717) is 12.1 Å². The zero-order chi connectivity index (χ0) is 18.8. The molecule has 0 aliphatic carbocycles. The highest BCUT2D eigenvalue weighted by atomic mass is 32.2. The topological polar surface area (TPSA) is 110 Å². The number of nitrogens with one attached hydrogen (secondary N) is 1. The Morgan fingerprint density at radius 2 is 1.77 bits per heavy atom. The molecule has 1 atom stereocenters. The highest BCUT2D eigenvalue weighted by Crippen LogP contribution is 2.25. The summed E-state index contributed by atoms with van der Waals surface area (Å²) in [5, 5.41) is 1.83. The van der Waals surface area contributed by atoms with Crippen molar-refractivity contribution >= 4 is 25.6 Å². The SMILES string of the molecule is O=C(NCc1ccncc1)c1ccc(S(=O)(=O)C2CCS(=O)(=O)C2)cc1. The highest BCUT2D eigenvalue weighted by Gasteiger charge is 2.37. The molecule has 1 unspecified atom stereocenters. The van der Waals surface area contributed by atoms with E-state index in [1.807, 2.05) is 0 Å². The molecule has 1 aromatic heterocycles. The fourth-order valence-corrected chi connectivity index (χ4v) is 7.14. The summed E-state index contributed by atoms with van der Waals surface area (Å²) >= 11 is 0. The average Bonchev–Trinajstić information content (AvgIpc) is 3.01. The van der Waals surface area contributed by atoms with E-state index in [1.165, 1.54) is 24.3 Å². The Kier molecular flexibility index (Phi) is 5.10. The van der Waals surface area contributed by atoms with Crippen LogP contribution in [0.1, 0.15) is 22.3 Å². The third-order valence-electron chi connectivity index (χ3n) is 4.28. The van der Waals surface area contributed by atoms with Crippen molar-refractivity contribution in [1.29, 1.82) is 0 Å². The van der Waals surface area contributed by atoms with Crippen LogP contribution in [0.15, 0.2) is 53.7 Å². The number of aromatic nitrogens is 1. The second kappa shape index (κ2) is 7.16. The summed E-state index contributed by atoms with van der Waals surface area (Å²) in [6.07, 6.45) is 3.37. The fourth-order valence-electron chi connectivity index (χ4n) is 2.78. The quantitative estimate of drug-likeness (QED) is 0.809. The van der Waals surface area contributed by atoms with Crippen molar-refractivity contribution in [2.24, 2.45) is 0 Å². The van der Waals surface area contributed by atoms with Gasteiger partial charge in [0.25, 0.3) is 5.91 Å². The van der Waals surface area contributed by atoms with Crippen molar-refractivity contribution in [1.82, 2.24) is 10.3 Å². The van der Waals surface area contributed by atoms with Gasteiger partial charge in [-0.1, -0.05) is 0 Å². The lowest BCUT2D eigenvalue weighted by Gasteiger charge is -2.11. The lowest BCUT2D eigenvalue weighted by molar-refractivity contribution is 0.0951. The molecule has 1 aliphatic rings. The van der Waals surface area contributed by atoms with Crippen molar-refractivity contribution in [3.63, 3.8) is 0 Å². The molecule has 0 saturated carbocycles. The minimum atomic E-state index is -3.73. The van der Waals surface area contributed by atoms with Gasteiger partial charge in [-0.25, -0.2) is 16.8 Å². The fraction of sp³-hybridized carbons (Fsp3) is 0.294. The molecule has 1 aliphatic heterocycles. The van der Waals surface area contributed by atoms with Crippen LogP contribution in [0.2, 0.25) is 0 Å². The van der Waals surface area contributed by atoms with Gasteiger partial charge in [0, 0.05) is 24.5 Å². The predicted octanol–water partition coefficient (Wildman–Crippen LogP) is 0.972. The molecule has 0 bridgehead atoms. The summed E-state index contributed by atoms with van der Waals surface area (Å²) in [6.45, 7) is 0.335. The van der Waals surface area contributed by atoms with Crippen LogP contribution in [0.4, 0.5) is 0 Å². The number of pyridine rings is 1. The van der Waals surface area contributed by atoms with Crippen molar-refractivity contribution in [3.05, 3.63) is 59.9 Å². The molecular weight excluding hydrogens is 376 g/mol. The van der Waals surface area contributed by atoms with Gasteiger partial charge in [-0.3, -0.25) is 9.78 Å². The minimum absolute atomic E-state index is 0.0327. The number of carbonyl (C=O) groups excluding carboxylic acids is 1. The summed E-state index contributed by atoms with van der Waals surface area (Å²) in [5.41, 5.74) is 1.23. The smallest absolute Gasteiger partial charge is 0.251 e. The van der Waals surface area contributed by atoms with Gasteiger partial charge >= 0.3 is 0 Å². The molecule has 26 heavy (non-hydrogen) atoms. The number of benzene rings is 1. The maximum absolute atomic E-state index is 12.5. The number of nitrogens with zero attached hydrogens (tertiary/aromatic N) is 1. The molecule has 0 radical (unpaired) electrons. The maximum atomic E-state index is 12.5. The van der Waals surface area contributed by atoms with E-state index in [4.69, 9.17) is 0 Å². The molecular formula is C17H18N2O5S2. The average molecular weight is 394 g/mol. The van der Waals surface area contributed by atoms with Crippen LogP contribution in [0, 0.1) is 0 Å². The summed E-state index contributed by atoms with van der Waals surface area (Å²) in [6, 6.07) is 9.12. The van der Waals surface area contributed by atoms with Crippen molar-refractivity contribution < 1.29 is 21.6 Å². The van der Waals surface area contributed by atoms with Gasteiger partial charge in [0.2, 0.25) is 0 Å². The Morgan fingerprint density at radius 1 is 1.12 bits per heavy atom. The Hall–Kier alpha value is -2.26. The maximum Gasteiger partial charge on any atom is 0.251 e. The van der Waals surface area contributed by atoms with E-state index in [-0.39, 0.29) is 28.7 Å². The predicted molar refractivity (Wildman–Crippen MR) is 96.1 cm³/mol. The number of sulfone groups is 2. The second-order valence-corrected chi connectivity index (χ2v) is 10.6. The zero-order valence-corrected chi connectivity index (χ0v) is 15.5. The molecule has 1 fully saturated rings. The third kappa shape index (κ3) is 4.10. The summed E-state index contributed by atoms with van der Waals surface area (Å²) in [7, 11) is -7.01. The largest absolute Gasteiger partial charge is 0.348 e. The van der Waals surface area contributed by atoms with Gasteiger partial charge < -0.3 is 5.32 Å². The molecule has 1 aromatic carbocycles. The van der Waals surface area contributed by atoms with E-state index < -0.39 is 24.9 Å². The number of carbonyl (C=O) groups is 1. The Morgan fingerprint density at radius 3 is 2.35 bits per heavy atom. The van der Waals surface area contributed by atoms with Crippen molar-refractivity contribution in [2.75, 3.05) is 11.5 Å². The van der Waals surface area contributed by atoms with Crippen LogP contribution in [0.5, 0.6) is 0 Å². The van der Waals surface area contributed by atoms with Crippen LogP contribution in [-0.4, -0.2) is 44.5 Å². The van der Waals surface area contributed by atoms with Crippen molar-refractivity contribution in [3.8, 4) is 0 Å². The summed E-state index contributed by atoms with van der Waals surface area (Å²) in [5.74, 6) is -0.773. The third-order valence-corrected chi connectivity index (χ3v) is 8.47. The Balaban J connectivity index is 1.69. The molecule has 1 saturated heterocycles. The second-order valence-electron chi connectivity index (χ2n) is 6.13. The molecule has 2 heterocycles.